The van der Waals surface area contributed by atoms with Gasteiger partial charge in [-0.25, -0.2) is 0 Å². The van der Waals surface area contributed by atoms with Crippen LogP contribution in [0.25, 0.3) is 0 Å². The second kappa shape index (κ2) is 6.98. The highest BCUT2D eigenvalue weighted by molar-refractivity contribution is 7.99. The topological polar surface area (TPSA) is 24.5 Å². The molecule has 2 aliphatic heterocycles. The highest BCUT2D eigenvalue weighted by Crippen LogP contribution is 2.24. The van der Waals surface area contributed by atoms with Crippen LogP contribution in [0, 0.1) is 0 Å². The molecular weight excluding hydrogens is 232 g/mol. The number of rotatable bonds is 5. The van der Waals surface area contributed by atoms with Gasteiger partial charge in [0.25, 0.3) is 0 Å². The summed E-state index contributed by atoms with van der Waals surface area (Å²) in [7, 11) is 2.00. The Morgan fingerprint density at radius 2 is 1.88 bits per heavy atom. The lowest BCUT2D eigenvalue weighted by molar-refractivity contribution is 0.0210. The maximum Gasteiger partial charge on any atom is 0.0707 e. The molecule has 1 N–H and O–H groups in total. The Balaban J connectivity index is 1.65. The summed E-state index contributed by atoms with van der Waals surface area (Å²) < 4.78 is 6.05. The van der Waals surface area contributed by atoms with Crippen molar-refractivity contribution in [1.29, 1.82) is 0 Å². The molecule has 2 aliphatic rings. The van der Waals surface area contributed by atoms with Crippen molar-refractivity contribution in [3.63, 3.8) is 0 Å². The van der Waals surface area contributed by atoms with Crippen LogP contribution in [0.5, 0.6) is 0 Å². The Hall–Kier alpha value is 0.230. The average Bonchev–Trinajstić information content (AvgIpc) is 2.78. The zero-order valence-electron chi connectivity index (χ0n) is 11.2. The number of nitrogens with one attached hydrogen (secondary N) is 1. The van der Waals surface area contributed by atoms with Crippen molar-refractivity contribution in [2.24, 2.45) is 0 Å². The lowest BCUT2D eigenvalue weighted by atomic mass is 10.1. The molecule has 0 aromatic carbocycles. The van der Waals surface area contributed by atoms with E-state index >= 15 is 0 Å². The molecule has 4 heteroatoms. The molecule has 0 amide bonds. The van der Waals surface area contributed by atoms with Gasteiger partial charge in [0.1, 0.15) is 0 Å². The number of ether oxygens (including phenoxy) is 1. The number of thioether (sulfide) groups is 1. The van der Waals surface area contributed by atoms with Crippen molar-refractivity contribution < 1.29 is 4.74 Å². The fraction of sp³-hybridized carbons (Fsp3) is 1.00. The number of nitrogens with zero attached hydrogens (tertiary/aromatic N) is 1. The van der Waals surface area contributed by atoms with Gasteiger partial charge in [-0.3, -0.25) is 0 Å². The Morgan fingerprint density at radius 3 is 2.53 bits per heavy atom. The van der Waals surface area contributed by atoms with Gasteiger partial charge in [0.15, 0.2) is 0 Å². The molecule has 2 unspecified atom stereocenters. The molecule has 2 saturated heterocycles. The van der Waals surface area contributed by atoms with Crippen LogP contribution in [-0.4, -0.2) is 61.8 Å². The quantitative estimate of drug-likeness (QED) is 0.809. The summed E-state index contributed by atoms with van der Waals surface area (Å²) in [4.78, 5) is 2.60. The van der Waals surface area contributed by atoms with Crippen LogP contribution in [0.3, 0.4) is 0 Å². The van der Waals surface area contributed by atoms with Crippen molar-refractivity contribution in [3.8, 4) is 0 Å². The lowest BCUT2D eigenvalue weighted by Gasteiger charge is -2.32. The van der Waals surface area contributed by atoms with Crippen molar-refractivity contribution in [1.82, 2.24) is 10.2 Å². The molecule has 2 heterocycles. The Morgan fingerprint density at radius 1 is 1.18 bits per heavy atom. The third-order valence-corrected chi connectivity index (χ3v) is 5.10. The molecule has 0 aromatic heterocycles. The van der Waals surface area contributed by atoms with E-state index in [2.05, 4.69) is 16.5 Å². The van der Waals surface area contributed by atoms with Crippen LogP contribution in [0.1, 0.15) is 25.7 Å². The third-order valence-electron chi connectivity index (χ3n) is 3.96. The molecule has 0 aliphatic carbocycles. The molecule has 100 valence electrons. The number of piperidine rings is 1. The first-order valence-corrected chi connectivity index (χ1v) is 8.15. The minimum atomic E-state index is 0.453. The number of hydrogen-bond donors (Lipinski definition) is 1. The van der Waals surface area contributed by atoms with E-state index in [0.717, 1.165) is 18.3 Å². The summed E-state index contributed by atoms with van der Waals surface area (Å²) >= 11 is 2.03. The van der Waals surface area contributed by atoms with Crippen molar-refractivity contribution >= 4 is 11.8 Å². The van der Waals surface area contributed by atoms with Crippen LogP contribution >= 0.6 is 11.8 Å². The van der Waals surface area contributed by atoms with Gasteiger partial charge >= 0.3 is 0 Å². The van der Waals surface area contributed by atoms with Crippen LogP contribution in [0.15, 0.2) is 0 Å². The first-order valence-electron chi connectivity index (χ1n) is 6.87. The summed E-state index contributed by atoms with van der Waals surface area (Å²) in [6.07, 6.45) is 8.36. The van der Waals surface area contributed by atoms with Crippen LogP contribution in [0.2, 0.25) is 0 Å². The maximum absolute atomic E-state index is 6.05. The average molecular weight is 258 g/mol. The first kappa shape index (κ1) is 13.7. The largest absolute Gasteiger partial charge is 0.372 e. The SMILES string of the molecule is CNCC1CCC(CN2CCC(SC)CC2)O1. The molecule has 2 rings (SSSR count). The number of likely N-dealkylation sites (N-methyl/N-ethyl adjacent to an activating group) is 1. The van der Waals surface area contributed by atoms with Gasteiger partial charge in [-0.2, -0.15) is 11.8 Å². The van der Waals surface area contributed by atoms with Gasteiger partial charge in [0, 0.05) is 18.3 Å². The van der Waals surface area contributed by atoms with E-state index < -0.39 is 0 Å². The highest BCUT2D eigenvalue weighted by Gasteiger charge is 2.27. The monoisotopic (exact) mass is 258 g/mol. The summed E-state index contributed by atoms with van der Waals surface area (Å²) in [5.74, 6) is 0. The predicted molar refractivity (Wildman–Crippen MR) is 74.8 cm³/mol. The van der Waals surface area contributed by atoms with Gasteiger partial charge in [0.2, 0.25) is 0 Å². The fourth-order valence-electron chi connectivity index (χ4n) is 2.91. The highest BCUT2D eigenvalue weighted by atomic mass is 32.2. The molecule has 0 saturated carbocycles. The van der Waals surface area contributed by atoms with Crippen LogP contribution in [-0.2, 0) is 4.74 Å². The van der Waals surface area contributed by atoms with Gasteiger partial charge in [-0.15, -0.1) is 0 Å². The van der Waals surface area contributed by atoms with Gasteiger partial charge in [0.05, 0.1) is 12.2 Å². The molecule has 17 heavy (non-hydrogen) atoms. The Labute approximate surface area is 110 Å². The minimum Gasteiger partial charge on any atom is -0.372 e. The zero-order chi connectivity index (χ0) is 12.1. The molecule has 3 nitrogen and oxygen atoms in total. The molecule has 0 aromatic rings. The zero-order valence-corrected chi connectivity index (χ0v) is 12.0. The Bertz CT molecular complexity index is 219. The second-order valence-corrected chi connectivity index (χ2v) is 6.39. The van der Waals surface area contributed by atoms with Crippen molar-refractivity contribution in [2.75, 3.05) is 39.5 Å². The summed E-state index contributed by atoms with van der Waals surface area (Å²) in [6, 6.07) is 0. The minimum absolute atomic E-state index is 0.453. The summed E-state index contributed by atoms with van der Waals surface area (Å²) in [5, 5.41) is 4.10. The molecule has 0 bridgehead atoms. The molecule has 0 radical (unpaired) electrons. The summed E-state index contributed by atoms with van der Waals surface area (Å²) in [5.41, 5.74) is 0. The van der Waals surface area contributed by atoms with Crippen LogP contribution < -0.4 is 5.32 Å². The van der Waals surface area contributed by atoms with Gasteiger partial charge < -0.3 is 15.0 Å². The van der Waals surface area contributed by atoms with E-state index in [-0.39, 0.29) is 0 Å². The molecule has 2 atom stereocenters. The van der Waals surface area contributed by atoms with E-state index in [1.54, 1.807) is 0 Å². The van der Waals surface area contributed by atoms with Gasteiger partial charge in [-0.05, 0) is 52.1 Å². The third kappa shape index (κ3) is 4.12. The van der Waals surface area contributed by atoms with Crippen molar-refractivity contribution in [2.45, 2.75) is 43.1 Å². The molecule has 2 fully saturated rings. The standard InChI is InChI=1S/C13H26N2OS/c1-14-9-11-3-4-12(16-11)10-15-7-5-13(17-2)6-8-15/h11-14H,3-10H2,1-2H3. The van der Waals surface area contributed by atoms with Crippen LogP contribution in [0.4, 0.5) is 0 Å². The number of likely N-dealkylation sites (tertiary alicyclic amines) is 1. The van der Waals surface area contributed by atoms with E-state index in [1.807, 2.05) is 18.8 Å². The van der Waals surface area contributed by atoms with Gasteiger partial charge in [-0.1, -0.05) is 0 Å². The maximum atomic E-state index is 6.05. The second-order valence-electron chi connectivity index (χ2n) is 5.25. The van der Waals surface area contributed by atoms with E-state index in [1.165, 1.54) is 38.8 Å². The van der Waals surface area contributed by atoms with E-state index in [4.69, 9.17) is 4.74 Å². The van der Waals surface area contributed by atoms with E-state index in [0.29, 0.717) is 12.2 Å². The first-order chi connectivity index (χ1) is 8.31. The smallest absolute Gasteiger partial charge is 0.0707 e. The van der Waals surface area contributed by atoms with Crippen molar-refractivity contribution in [3.05, 3.63) is 0 Å². The molecule has 0 spiro atoms. The normalized spacial score (nSPS) is 32.1. The van der Waals surface area contributed by atoms with E-state index in [9.17, 15) is 0 Å². The predicted octanol–water partition coefficient (Wildman–Crippen LogP) is 1.58. The summed E-state index contributed by atoms with van der Waals surface area (Å²) in [6.45, 7) is 4.69. The Kier molecular flexibility index (Phi) is 5.60. The number of hydrogen-bond acceptors (Lipinski definition) is 4. The fourth-order valence-corrected chi connectivity index (χ4v) is 3.59. The molecular formula is C13H26N2OS. The lowest BCUT2D eigenvalue weighted by Crippen LogP contribution is -2.40.